The fraction of sp³-hybridized carbons (Fsp3) is 0.240. The van der Waals surface area contributed by atoms with Gasteiger partial charge in [-0.1, -0.05) is 18.2 Å². The second-order valence-electron chi connectivity index (χ2n) is 7.72. The number of hydrogen-bond acceptors (Lipinski definition) is 5. The molecule has 0 spiro atoms. The highest BCUT2D eigenvalue weighted by molar-refractivity contribution is 6.05. The number of carbonyl (C=O) groups excluding carboxylic acids is 2. The minimum atomic E-state index is -0.239. The third kappa shape index (κ3) is 4.78. The molecule has 7 heteroatoms. The Morgan fingerprint density at radius 1 is 1.09 bits per heavy atom. The van der Waals surface area contributed by atoms with E-state index < -0.39 is 0 Å². The molecule has 0 unspecified atom stereocenters. The molecule has 1 aliphatic heterocycles. The summed E-state index contributed by atoms with van der Waals surface area (Å²) in [5.41, 5.74) is 5.29. The molecule has 0 aliphatic carbocycles. The van der Waals surface area contributed by atoms with E-state index >= 15 is 0 Å². The van der Waals surface area contributed by atoms with Crippen LogP contribution in [0.15, 0.2) is 60.8 Å². The van der Waals surface area contributed by atoms with E-state index in [1.165, 1.54) is 24.4 Å². The van der Waals surface area contributed by atoms with Crippen molar-refractivity contribution in [3.05, 3.63) is 88.6 Å². The largest absolute Gasteiger partial charge is 0.481 e. The molecule has 0 saturated heterocycles. The van der Waals surface area contributed by atoms with Crippen molar-refractivity contribution in [3.63, 3.8) is 0 Å². The molecular formula is C25H26N4O3. The van der Waals surface area contributed by atoms with E-state index in [9.17, 15) is 9.59 Å². The zero-order valence-corrected chi connectivity index (χ0v) is 18.2. The van der Waals surface area contributed by atoms with Gasteiger partial charge in [-0.25, -0.2) is 4.98 Å². The molecule has 0 saturated carbocycles. The summed E-state index contributed by atoms with van der Waals surface area (Å²) in [6, 6.07) is 16.8. The maximum Gasteiger partial charge on any atom is 0.258 e. The Morgan fingerprint density at radius 3 is 2.75 bits per heavy atom. The van der Waals surface area contributed by atoms with Crippen molar-refractivity contribution >= 4 is 17.5 Å². The summed E-state index contributed by atoms with van der Waals surface area (Å²) >= 11 is 0. The lowest BCUT2D eigenvalue weighted by molar-refractivity contribution is 0.0949. The molecule has 1 aromatic heterocycles. The highest BCUT2D eigenvalue weighted by atomic mass is 16.5. The molecule has 2 aromatic carbocycles. The van der Waals surface area contributed by atoms with Crippen molar-refractivity contribution in [2.75, 3.05) is 25.6 Å². The molecule has 1 aliphatic rings. The first-order valence-electron chi connectivity index (χ1n) is 10.5. The van der Waals surface area contributed by atoms with Crippen molar-refractivity contribution in [2.45, 2.75) is 19.5 Å². The summed E-state index contributed by atoms with van der Waals surface area (Å²) in [7, 11) is 3.31. The number of ether oxygens (including phenoxy) is 1. The molecule has 3 aromatic rings. The van der Waals surface area contributed by atoms with E-state index in [0.717, 1.165) is 30.8 Å². The van der Waals surface area contributed by atoms with E-state index in [2.05, 4.69) is 27.8 Å². The van der Waals surface area contributed by atoms with Crippen LogP contribution in [0.25, 0.3) is 0 Å². The van der Waals surface area contributed by atoms with Gasteiger partial charge in [0.15, 0.2) is 0 Å². The number of methoxy groups -OCH3 is 1. The van der Waals surface area contributed by atoms with Gasteiger partial charge in [0.05, 0.1) is 12.7 Å². The summed E-state index contributed by atoms with van der Waals surface area (Å²) < 4.78 is 5.01. The number of rotatable bonds is 6. The molecule has 32 heavy (non-hydrogen) atoms. The zero-order valence-electron chi connectivity index (χ0n) is 18.2. The Balaban J connectivity index is 1.42. The highest BCUT2D eigenvalue weighted by Crippen LogP contribution is 2.23. The van der Waals surface area contributed by atoms with Crippen LogP contribution in [0.5, 0.6) is 5.88 Å². The SMILES string of the molecule is COc1ccc(C(=O)NCc2cccc(C(=O)N(C)c3ccc4c(c3)CNCC4)c2)cn1. The second kappa shape index (κ2) is 9.62. The number of fused-ring (bicyclic) bond motifs is 1. The number of carbonyl (C=O) groups is 2. The van der Waals surface area contributed by atoms with E-state index in [-0.39, 0.29) is 11.8 Å². The zero-order chi connectivity index (χ0) is 22.5. The molecule has 2 N–H and O–H groups in total. The van der Waals surface area contributed by atoms with Crippen molar-refractivity contribution in [3.8, 4) is 5.88 Å². The Bertz CT molecular complexity index is 1130. The fourth-order valence-corrected chi connectivity index (χ4v) is 3.72. The molecule has 0 bridgehead atoms. The lowest BCUT2D eigenvalue weighted by Gasteiger charge is -2.22. The van der Waals surface area contributed by atoms with Gasteiger partial charge >= 0.3 is 0 Å². The van der Waals surface area contributed by atoms with Crippen LogP contribution >= 0.6 is 0 Å². The summed E-state index contributed by atoms with van der Waals surface area (Å²) in [5, 5.41) is 6.23. The summed E-state index contributed by atoms with van der Waals surface area (Å²) in [5.74, 6) is 0.116. The monoisotopic (exact) mass is 430 g/mol. The lowest BCUT2D eigenvalue weighted by Crippen LogP contribution is -2.28. The van der Waals surface area contributed by atoms with Gasteiger partial charge in [-0.2, -0.15) is 0 Å². The second-order valence-corrected chi connectivity index (χ2v) is 7.72. The van der Waals surface area contributed by atoms with Crippen LogP contribution in [-0.2, 0) is 19.5 Å². The van der Waals surface area contributed by atoms with E-state index in [0.29, 0.717) is 23.6 Å². The normalized spacial score (nSPS) is 12.6. The molecule has 7 nitrogen and oxygen atoms in total. The Morgan fingerprint density at radius 2 is 1.97 bits per heavy atom. The molecule has 2 amide bonds. The maximum absolute atomic E-state index is 13.1. The van der Waals surface area contributed by atoms with Gasteiger partial charge in [0.25, 0.3) is 11.8 Å². The first-order chi connectivity index (χ1) is 15.5. The van der Waals surface area contributed by atoms with Gasteiger partial charge in [-0.15, -0.1) is 0 Å². The maximum atomic E-state index is 13.1. The predicted molar refractivity (Wildman–Crippen MR) is 123 cm³/mol. The lowest BCUT2D eigenvalue weighted by atomic mass is 10.00. The topological polar surface area (TPSA) is 83.6 Å². The predicted octanol–water partition coefficient (Wildman–Crippen LogP) is 2.94. The number of nitrogens with zero attached hydrogens (tertiary/aromatic N) is 2. The van der Waals surface area contributed by atoms with Gasteiger partial charge in [0.2, 0.25) is 5.88 Å². The fourth-order valence-electron chi connectivity index (χ4n) is 3.72. The number of benzene rings is 2. The standard InChI is InChI=1S/C25H26N4O3/c1-29(22-8-6-18-10-11-26-15-21(18)13-22)25(31)19-5-3-4-17(12-19)14-28-24(30)20-7-9-23(32-2)27-16-20/h3-9,12-13,16,26H,10-11,14-15H2,1-2H3,(H,28,30). The number of aromatic nitrogens is 1. The number of hydrogen-bond donors (Lipinski definition) is 2. The first kappa shape index (κ1) is 21.5. The first-order valence-corrected chi connectivity index (χ1v) is 10.5. The third-order valence-corrected chi connectivity index (χ3v) is 5.60. The van der Waals surface area contributed by atoms with Crippen LogP contribution in [0.4, 0.5) is 5.69 Å². The van der Waals surface area contributed by atoms with Crippen molar-refractivity contribution in [1.29, 1.82) is 0 Å². The average Bonchev–Trinajstić information content (AvgIpc) is 2.86. The number of amides is 2. The molecule has 164 valence electrons. The molecule has 2 heterocycles. The van der Waals surface area contributed by atoms with Crippen LogP contribution < -0.4 is 20.3 Å². The van der Waals surface area contributed by atoms with E-state index in [4.69, 9.17) is 4.74 Å². The van der Waals surface area contributed by atoms with Crippen molar-refractivity contribution in [1.82, 2.24) is 15.6 Å². The molecule has 0 fully saturated rings. The van der Waals surface area contributed by atoms with Gasteiger partial charge < -0.3 is 20.3 Å². The van der Waals surface area contributed by atoms with Crippen LogP contribution in [0.2, 0.25) is 0 Å². The van der Waals surface area contributed by atoms with E-state index in [1.807, 2.05) is 24.3 Å². The van der Waals surface area contributed by atoms with Crippen LogP contribution in [0, 0.1) is 0 Å². The van der Waals surface area contributed by atoms with Crippen LogP contribution in [0.1, 0.15) is 37.4 Å². The molecule has 0 atom stereocenters. The summed E-state index contributed by atoms with van der Waals surface area (Å²) in [4.78, 5) is 31.2. The number of pyridine rings is 1. The molecule has 0 radical (unpaired) electrons. The number of nitrogens with one attached hydrogen (secondary N) is 2. The van der Waals surface area contributed by atoms with Crippen LogP contribution in [-0.4, -0.2) is 37.5 Å². The van der Waals surface area contributed by atoms with Gasteiger partial charge in [-0.3, -0.25) is 9.59 Å². The third-order valence-electron chi connectivity index (χ3n) is 5.60. The van der Waals surface area contributed by atoms with Gasteiger partial charge in [0, 0.05) is 43.7 Å². The Labute approximate surface area is 187 Å². The highest BCUT2D eigenvalue weighted by Gasteiger charge is 2.17. The van der Waals surface area contributed by atoms with Crippen molar-refractivity contribution in [2.24, 2.45) is 0 Å². The van der Waals surface area contributed by atoms with Crippen LogP contribution in [0.3, 0.4) is 0 Å². The number of anilines is 1. The Hall–Kier alpha value is -3.71. The van der Waals surface area contributed by atoms with Crippen molar-refractivity contribution < 1.29 is 14.3 Å². The molecule has 4 rings (SSSR count). The van der Waals surface area contributed by atoms with Gasteiger partial charge in [-0.05, 0) is 60.0 Å². The molecular weight excluding hydrogens is 404 g/mol. The quantitative estimate of drug-likeness (QED) is 0.628. The van der Waals surface area contributed by atoms with E-state index in [1.54, 1.807) is 30.1 Å². The van der Waals surface area contributed by atoms with Gasteiger partial charge in [0.1, 0.15) is 0 Å². The smallest absolute Gasteiger partial charge is 0.258 e. The average molecular weight is 431 g/mol. The summed E-state index contributed by atoms with van der Waals surface area (Å²) in [6.45, 7) is 2.11. The summed E-state index contributed by atoms with van der Waals surface area (Å²) in [6.07, 6.45) is 2.48. The minimum Gasteiger partial charge on any atom is -0.481 e. The minimum absolute atomic E-state index is 0.0961. The Kier molecular flexibility index (Phi) is 6.47.